The summed E-state index contributed by atoms with van der Waals surface area (Å²) in [7, 11) is 4.31. The van der Waals surface area contributed by atoms with Crippen molar-refractivity contribution in [3.05, 3.63) is 64.6 Å². The number of nitrogens with zero attached hydrogens (tertiary/aromatic N) is 6. The Balaban J connectivity index is 0.00000241. The van der Waals surface area contributed by atoms with E-state index >= 15 is 0 Å². The van der Waals surface area contributed by atoms with Gasteiger partial charge in [-0.05, 0) is 70.2 Å². The lowest BCUT2D eigenvalue weighted by Gasteiger charge is -2.34. The van der Waals surface area contributed by atoms with Crippen molar-refractivity contribution in [1.29, 1.82) is 0 Å². The van der Waals surface area contributed by atoms with Gasteiger partial charge >= 0.3 is 0 Å². The first-order chi connectivity index (χ1) is 16.9. The normalized spacial score (nSPS) is 14.9. The second-order valence-electron chi connectivity index (χ2n) is 10.2. The fourth-order valence-electron chi connectivity index (χ4n) is 4.95. The first kappa shape index (κ1) is 31.3. The third-order valence-corrected chi connectivity index (χ3v) is 6.96. The van der Waals surface area contributed by atoms with E-state index in [0.717, 1.165) is 55.3 Å². The van der Waals surface area contributed by atoms with Gasteiger partial charge in [-0.3, -0.25) is 4.90 Å². The summed E-state index contributed by atoms with van der Waals surface area (Å²) in [4.78, 5) is 17.1. The van der Waals surface area contributed by atoms with E-state index in [4.69, 9.17) is 9.97 Å². The Labute approximate surface area is 235 Å². The van der Waals surface area contributed by atoms with E-state index in [1.807, 2.05) is 0 Å². The minimum atomic E-state index is 0. The number of pyridine rings is 1. The summed E-state index contributed by atoms with van der Waals surface area (Å²) in [6.45, 7) is 15.3. The molecule has 0 bridgehead atoms. The van der Waals surface area contributed by atoms with Gasteiger partial charge in [-0.25, -0.2) is 9.97 Å². The number of piperazine rings is 1. The number of hydrogen-bond acceptors (Lipinski definition) is 5. The topological polar surface area (TPSA) is 40.4 Å². The van der Waals surface area contributed by atoms with Crippen molar-refractivity contribution in [3.63, 3.8) is 0 Å². The molecule has 0 atom stereocenters. The molecule has 0 radical (unpaired) electrons. The first-order valence-corrected chi connectivity index (χ1v) is 13.1. The molecule has 3 aromatic rings. The smallest absolute Gasteiger partial charge is 0.160 e. The van der Waals surface area contributed by atoms with E-state index in [-0.39, 0.29) is 24.8 Å². The van der Waals surface area contributed by atoms with Crippen LogP contribution in [0.3, 0.4) is 0 Å². The van der Waals surface area contributed by atoms with E-state index in [9.17, 15) is 0 Å². The van der Waals surface area contributed by atoms with Crippen LogP contribution in [0.25, 0.3) is 17.2 Å². The van der Waals surface area contributed by atoms with Crippen LogP contribution in [-0.2, 0) is 13.0 Å². The Morgan fingerprint density at radius 3 is 2.27 bits per heavy atom. The summed E-state index contributed by atoms with van der Waals surface area (Å²) in [5.41, 5.74) is 6.81. The molecule has 37 heavy (non-hydrogen) atoms. The molecule has 1 aliphatic rings. The SMILES string of the molecule is CCc1nc2c(C)cc(C)nc2n1Cc1ccc(C=CCN2CCN(CCCN(C)C)CC2)cc1.Cl.Cl. The van der Waals surface area contributed by atoms with Crippen LogP contribution >= 0.6 is 24.8 Å². The summed E-state index contributed by atoms with van der Waals surface area (Å²) in [5.74, 6) is 1.10. The van der Waals surface area contributed by atoms with E-state index < -0.39 is 0 Å². The summed E-state index contributed by atoms with van der Waals surface area (Å²) >= 11 is 0. The number of imidazole rings is 1. The van der Waals surface area contributed by atoms with E-state index in [1.165, 1.54) is 49.3 Å². The molecule has 8 heteroatoms. The molecule has 0 aliphatic carbocycles. The van der Waals surface area contributed by atoms with Gasteiger partial charge in [0.05, 0.1) is 6.54 Å². The van der Waals surface area contributed by atoms with Crippen LogP contribution < -0.4 is 0 Å². The monoisotopic (exact) mass is 546 g/mol. The van der Waals surface area contributed by atoms with Crippen molar-refractivity contribution in [1.82, 2.24) is 29.2 Å². The van der Waals surface area contributed by atoms with Gasteiger partial charge in [0.15, 0.2) is 5.65 Å². The largest absolute Gasteiger partial charge is 0.309 e. The van der Waals surface area contributed by atoms with Gasteiger partial charge in [0.1, 0.15) is 11.3 Å². The van der Waals surface area contributed by atoms with Crippen LogP contribution in [0.4, 0.5) is 0 Å². The lowest BCUT2D eigenvalue weighted by Crippen LogP contribution is -2.46. The Morgan fingerprint density at radius 2 is 1.62 bits per heavy atom. The summed E-state index contributed by atoms with van der Waals surface area (Å²) < 4.78 is 2.28. The number of fused-ring (bicyclic) bond motifs is 1. The molecular weight excluding hydrogens is 503 g/mol. The highest BCUT2D eigenvalue weighted by atomic mass is 35.5. The average molecular weight is 548 g/mol. The van der Waals surface area contributed by atoms with Gasteiger partial charge in [0, 0.05) is 44.8 Å². The summed E-state index contributed by atoms with van der Waals surface area (Å²) in [6, 6.07) is 11.0. The highest BCUT2D eigenvalue weighted by Crippen LogP contribution is 2.21. The van der Waals surface area contributed by atoms with Crippen molar-refractivity contribution in [2.45, 2.75) is 40.2 Å². The van der Waals surface area contributed by atoms with Gasteiger partial charge in [-0.1, -0.05) is 43.3 Å². The number of rotatable bonds is 10. The Hall–Kier alpha value is -1.96. The fourth-order valence-corrected chi connectivity index (χ4v) is 4.95. The molecule has 2 aromatic heterocycles. The predicted octanol–water partition coefficient (Wildman–Crippen LogP) is 5.08. The van der Waals surface area contributed by atoms with Gasteiger partial charge in [0.2, 0.25) is 0 Å². The molecule has 6 nitrogen and oxygen atoms in total. The van der Waals surface area contributed by atoms with Crippen molar-refractivity contribution in [2.24, 2.45) is 0 Å². The van der Waals surface area contributed by atoms with E-state index in [0.29, 0.717) is 0 Å². The van der Waals surface area contributed by atoms with Gasteiger partial charge in [-0.15, -0.1) is 24.8 Å². The number of aryl methyl sites for hydroxylation is 3. The van der Waals surface area contributed by atoms with Crippen LogP contribution in [-0.4, -0.2) is 89.1 Å². The van der Waals surface area contributed by atoms with Gasteiger partial charge < -0.3 is 14.4 Å². The zero-order valence-electron chi connectivity index (χ0n) is 23.1. The molecule has 1 aliphatic heterocycles. The highest BCUT2D eigenvalue weighted by molar-refractivity contribution is 5.85. The number of benzene rings is 1. The van der Waals surface area contributed by atoms with Crippen LogP contribution in [0.15, 0.2) is 36.4 Å². The molecule has 204 valence electrons. The zero-order chi connectivity index (χ0) is 24.8. The molecule has 1 fully saturated rings. The zero-order valence-corrected chi connectivity index (χ0v) is 24.7. The fraction of sp³-hybridized carbons (Fsp3) is 0.517. The molecule has 0 N–H and O–H groups in total. The standard InChI is InChI=1S/C29H42N6.2ClH/c1-6-27-31-28-23(2)21-24(3)30-29(28)35(27)22-26-12-10-25(11-13-26)9-7-15-33-17-19-34(20-18-33)16-8-14-32(4)5;;/h7,9-13,21H,6,8,14-20,22H2,1-5H3;2*1H. The number of aromatic nitrogens is 3. The van der Waals surface area contributed by atoms with Crippen LogP contribution in [0.2, 0.25) is 0 Å². The third-order valence-electron chi connectivity index (χ3n) is 6.96. The molecular formula is C29H44Cl2N6. The maximum atomic E-state index is 4.88. The molecule has 1 aromatic carbocycles. The second-order valence-corrected chi connectivity index (χ2v) is 10.2. The molecule has 0 amide bonds. The predicted molar refractivity (Wildman–Crippen MR) is 162 cm³/mol. The van der Waals surface area contributed by atoms with Crippen molar-refractivity contribution in [2.75, 3.05) is 59.9 Å². The van der Waals surface area contributed by atoms with E-state index in [2.05, 4.69) is 96.6 Å². The van der Waals surface area contributed by atoms with Crippen LogP contribution in [0, 0.1) is 13.8 Å². The van der Waals surface area contributed by atoms with Gasteiger partial charge in [-0.2, -0.15) is 0 Å². The maximum absolute atomic E-state index is 4.88. The van der Waals surface area contributed by atoms with Gasteiger partial charge in [0.25, 0.3) is 0 Å². The van der Waals surface area contributed by atoms with Crippen molar-refractivity contribution >= 4 is 42.1 Å². The summed E-state index contributed by atoms with van der Waals surface area (Å²) in [5, 5.41) is 0. The van der Waals surface area contributed by atoms with Crippen LogP contribution in [0.5, 0.6) is 0 Å². The first-order valence-electron chi connectivity index (χ1n) is 13.1. The quantitative estimate of drug-likeness (QED) is 0.354. The molecule has 0 unspecified atom stereocenters. The molecule has 3 heterocycles. The lowest BCUT2D eigenvalue weighted by molar-refractivity contribution is 0.139. The minimum absolute atomic E-state index is 0. The Bertz CT molecular complexity index is 1130. The number of hydrogen-bond donors (Lipinski definition) is 0. The van der Waals surface area contributed by atoms with Crippen molar-refractivity contribution < 1.29 is 0 Å². The lowest BCUT2D eigenvalue weighted by atomic mass is 10.1. The van der Waals surface area contributed by atoms with Crippen LogP contribution in [0.1, 0.15) is 41.6 Å². The van der Waals surface area contributed by atoms with Crippen molar-refractivity contribution in [3.8, 4) is 0 Å². The number of halogens is 2. The third kappa shape index (κ3) is 8.52. The minimum Gasteiger partial charge on any atom is -0.309 e. The van der Waals surface area contributed by atoms with E-state index in [1.54, 1.807) is 0 Å². The molecule has 1 saturated heterocycles. The molecule has 0 saturated carbocycles. The second kappa shape index (κ2) is 14.8. The summed E-state index contributed by atoms with van der Waals surface area (Å²) in [6.07, 6.45) is 6.73. The highest BCUT2D eigenvalue weighted by Gasteiger charge is 2.16. The molecule has 0 spiro atoms. The average Bonchev–Trinajstić information content (AvgIpc) is 3.18. The maximum Gasteiger partial charge on any atom is 0.160 e. The Kier molecular flexibility index (Phi) is 12.5. The molecule has 4 rings (SSSR count). The Morgan fingerprint density at radius 1 is 0.946 bits per heavy atom.